The molecule has 1 aliphatic heterocycles. The van der Waals surface area contributed by atoms with Gasteiger partial charge in [0.05, 0.1) is 18.9 Å². The summed E-state index contributed by atoms with van der Waals surface area (Å²) in [5, 5.41) is 4.03. The summed E-state index contributed by atoms with van der Waals surface area (Å²) < 4.78 is 5.20. The normalized spacial score (nSPS) is 21.0. The quantitative estimate of drug-likeness (QED) is 0.480. The number of oxime groups is 1. The van der Waals surface area contributed by atoms with Crippen molar-refractivity contribution in [3.63, 3.8) is 0 Å². The standard InChI is InChI=1S/C9H17NO2/c1-3-8(2)10-12-9-4-6-11-7-5-9/h9H,3-7H2,1-2H3/b10-8+. The molecule has 0 aromatic heterocycles. The molecule has 0 unspecified atom stereocenters. The lowest BCUT2D eigenvalue weighted by Crippen LogP contribution is -2.21. The molecule has 12 heavy (non-hydrogen) atoms. The zero-order valence-electron chi connectivity index (χ0n) is 7.88. The Balaban J connectivity index is 2.21. The molecule has 0 spiro atoms. The number of nitrogens with zero attached hydrogens (tertiary/aromatic N) is 1. The van der Waals surface area contributed by atoms with Crippen LogP contribution in [0.25, 0.3) is 0 Å². The Labute approximate surface area is 73.7 Å². The first kappa shape index (κ1) is 9.52. The number of hydrogen-bond acceptors (Lipinski definition) is 3. The molecule has 0 saturated carbocycles. The Morgan fingerprint density at radius 2 is 2.17 bits per heavy atom. The summed E-state index contributed by atoms with van der Waals surface area (Å²) in [6.45, 7) is 5.68. The molecule has 0 aliphatic carbocycles. The van der Waals surface area contributed by atoms with Crippen LogP contribution in [0.2, 0.25) is 0 Å². The van der Waals surface area contributed by atoms with Crippen molar-refractivity contribution in [1.29, 1.82) is 0 Å². The van der Waals surface area contributed by atoms with Gasteiger partial charge in [0.25, 0.3) is 0 Å². The summed E-state index contributed by atoms with van der Waals surface area (Å²) in [6, 6.07) is 0. The van der Waals surface area contributed by atoms with E-state index in [1.54, 1.807) is 0 Å². The highest BCUT2D eigenvalue weighted by molar-refractivity contribution is 5.80. The van der Waals surface area contributed by atoms with Crippen molar-refractivity contribution < 1.29 is 9.57 Å². The summed E-state index contributed by atoms with van der Waals surface area (Å²) >= 11 is 0. The van der Waals surface area contributed by atoms with Gasteiger partial charge in [0.1, 0.15) is 6.10 Å². The van der Waals surface area contributed by atoms with E-state index in [2.05, 4.69) is 12.1 Å². The predicted molar refractivity (Wildman–Crippen MR) is 48.3 cm³/mol. The molecule has 3 nitrogen and oxygen atoms in total. The van der Waals surface area contributed by atoms with Gasteiger partial charge >= 0.3 is 0 Å². The summed E-state index contributed by atoms with van der Waals surface area (Å²) in [5.74, 6) is 0. The Bertz CT molecular complexity index is 151. The fourth-order valence-electron chi connectivity index (χ4n) is 1.01. The van der Waals surface area contributed by atoms with Crippen LogP contribution in [0, 0.1) is 0 Å². The lowest BCUT2D eigenvalue weighted by Gasteiger charge is -2.19. The van der Waals surface area contributed by atoms with Crippen molar-refractivity contribution in [3.8, 4) is 0 Å². The second kappa shape index (κ2) is 5.14. The van der Waals surface area contributed by atoms with Gasteiger partial charge in [0, 0.05) is 12.8 Å². The summed E-state index contributed by atoms with van der Waals surface area (Å²) in [4.78, 5) is 5.34. The lowest BCUT2D eigenvalue weighted by atomic mass is 10.2. The molecule has 0 radical (unpaired) electrons. The molecular formula is C9H17NO2. The Morgan fingerprint density at radius 1 is 1.50 bits per heavy atom. The van der Waals surface area contributed by atoms with Gasteiger partial charge in [0.15, 0.2) is 0 Å². The van der Waals surface area contributed by atoms with Gasteiger partial charge in [-0.3, -0.25) is 0 Å². The summed E-state index contributed by atoms with van der Waals surface area (Å²) in [7, 11) is 0. The number of hydrogen-bond donors (Lipinski definition) is 0. The maximum Gasteiger partial charge on any atom is 0.131 e. The third-order valence-corrected chi connectivity index (χ3v) is 2.04. The molecule has 0 N–H and O–H groups in total. The Hall–Kier alpha value is -0.570. The topological polar surface area (TPSA) is 30.8 Å². The van der Waals surface area contributed by atoms with E-state index in [4.69, 9.17) is 9.57 Å². The summed E-state index contributed by atoms with van der Waals surface area (Å²) in [6.07, 6.45) is 3.18. The van der Waals surface area contributed by atoms with Crippen molar-refractivity contribution in [2.75, 3.05) is 13.2 Å². The van der Waals surface area contributed by atoms with Crippen LogP contribution in [0.15, 0.2) is 5.16 Å². The fraction of sp³-hybridized carbons (Fsp3) is 0.889. The van der Waals surface area contributed by atoms with Gasteiger partial charge in [-0.1, -0.05) is 12.1 Å². The van der Waals surface area contributed by atoms with E-state index in [-0.39, 0.29) is 6.10 Å². The van der Waals surface area contributed by atoms with Crippen molar-refractivity contribution >= 4 is 5.71 Å². The first-order valence-electron chi connectivity index (χ1n) is 4.60. The van der Waals surface area contributed by atoms with Crippen molar-refractivity contribution in [2.45, 2.75) is 39.2 Å². The largest absolute Gasteiger partial charge is 0.392 e. The van der Waals surface area contributed by atoms with E-state index in [1.807, 2.05) is 6.92 Å². The smallest absolute Gasteiger partial charge is 0.131 e. The minimum Gasteiger partial charge on any atom is -0.392 e. The van der Waals surface area contributed by atoms with E-state index >= 15 is 0 Å². The molecule has 0 atom stereocenters. The molecule has 0 aromatic rings. The summed E-state index contributed by atoms with van der Waals surface area (Å²) in [5.41, 5.74) is 1.06. The van der Waals surface area contributed by atoms with E-state index in [1.165, 1.54) is 0 Å². The molecule has 1 saturated heterocycles. The molecule has 0 aromatic carbocycles. The van der Waals surface area contributed by atoms with E-state index < -0.39 is 0 Å². The molecule has 70 valence electrons. The minimum atomic E-state index is 0.278. The van der Waals surface area contributed by atoms with Gasteiger partial charge in [-0.2, -0.15) is 0 Å². The molecule has 1 fully saturated rings. The van der Waals surface area contributed by atoms with Crippen LogP contribution in [-0.4, -0.2) is 25.0 Å². The molecular weight excluding hydrogens is 154 g/mol. The van der Waals surface area contributed by atoms with Crippen LogP contribution in [0.5, 0.6) is 0 Å². The van der Waals surface area contributed by atoms with Gasteiger partial charge in [-0.05, 0) is 13.3 Å². The highest BCUT2D eigenvalue weighted by Gasteiger charge is 2.14. The molecule has 0 bridgehead atoms. The molecule has 0 amide bonds. The SMILES string of the molecule is CC/C(C)=N/OC1CCOCC1. The monoisotopic (exact) mass is 171 g/mol. The predicted octanol–water partition coefficient (Wildman–Crippen LogP) is 1.97. The first-order valence-corrected chi connectivity index (χ1v) is 4.60. The Morgan fingerprint density at radius 3 is 2.75 bits per heavy atom. The maximum atomic E-state index is 5.34. The average Bonchev–Trinajstić information content (AvgIpc) is 2.16. The van der Waals surface area contributed by atoms with Gasteiger partial charge in [-0.25, -0.2) is 0 Å². The first-order chi connectivity index (χ1) is 5.83. The van der Waals surface area contributed by atoms with Crippen LogP contribution in [0.3, 0.4) is 0 Å². The van der Waals surface area contributed by atoms with Crippen molar-refractivity contribution in [2.24, 2.45) is 5.16 Å². The average molecular weight is 171 g/mol. The Kier molecular flexibility index (Phi) is 4.08. The third-order valence-electron chi connectivity index (χ3n) is 2.04. The second-order valence-electron chi connectivity index (χ2n) is 3.10. The second-order valence-corrected chi connectivity index (χ2v) is 3.10. The van der Waals surface area contributed by atoms with Crippen molar-refractivity contribution in [3.05, 3.63) is 0 Å². The molecule has 1 aliphatic rings. The maximum absolute atomic E-state index is 5.34. The highest BCUT2D eigenvalue weighted by atomic mass is 16.6. The van der Waals surface area contributed by atoms with Crippen LogP contribution < -0.4 is 0 Å². The third kappa shape index (κ3) is 3.22. The van der Waals surface area contributed by atoms with Crippen molar-refractivity contribution in [1.82, 2.24) is 0 Å². The van der Waals surface area contributed by atoms with Crippen LogP contribution in [0.4, 0.5) is 0 Å². The molecule has 1 heterocycles. The lowest BCUT2D eigenvalue weighted by molar-refractivity contribution is -0.0302. The van der Waals surface area contributed by atoms with Crippen LogP contribution >= 0.6 is 0 Å². The fourth-order valence-corrected chi connectivity index (χ4v) is 1.01. The van der Waals surface area contributed by atoms with E-state index in [0.29, 0.717) is 0 Å². The minimum absolute atomic E-state index is 0.278. The van der Waals surface area contributed by atoms with Gasteiger partial charge in [-0.15, -0.1) is 0 Å². The number of rotatable bonds is 3. The molecule has 1 rings (SSSR count). The van der Waals surface area contributed by atoms with Crippen LogP contribution in [0.1, 0.15) is 33.1 Å². The van der Waals surface area contributed by atoms with Crippen LogP contribution in [-0.2, 0) is 9.57 Å². The highest BCUT2D eigenvalue weighted by Crippen LogP contribution is 2.10. The number of ether oxygens (including phenoxy) is 1. The zero-order valence-corrected chi connectivity index (χ0v) is 7.88. The van der Waals surface area contributed by atoms with Gasteiger partial charge < -0.3 is 9.57 Å². The van der Waals surface area contributed by atoms with E-state index in [9.17, 15) is 0 Å². The van der Waals surface area contributed by atoms with Gasteiger partial charge in [0.2, 0.25) is 0 Å². The molecule has 3 heteroatoms. The van der Waals surface area contributed by atoms with E-state index in [0.717, 1.165) is 38.2 Å². The zero-order chi connectivity index (χ0) is 8.81.